The van der Waals surface area contributed by atoms with Gasteiger partial charge in [-0.15, -0.1) is 5.10 Å². The fraction of sp³-hybridized carbons (Fsp3) is 0.318. The maximum absolute atomic E-state index is 13.2. The molecule has 10 heteroatoms. The molecule has 0 spiro atoms. The van der Waals surface area contributed by atoms with E-state index >= 15 is 0 Å². The number of benzene rings is 1. The molecule has 4 aromatic rings. The standard InChI is InChI=1S/C22H24N8O2/c1-14-11-28(12-15(2)32-14)19-18(16-7-4-3-5-8-16)25-21(23)30-20(19)27-29(22(30)31)13-17-9-6-10-24-26-17/h3-10,14-15H,11-13H2,1-2H3,(H2,23,25). The Bertz CT molecular complexity index is 1290. The first kappa shape index (κ1) is 20.1. The molecule has 32 heavy (non-hydrogen) atoms. The van der Waals surface area contributed by atoms with Crippen molar-refractivity contribution in [2.24, 2.45) is 0 Å². The SMILES string of the molecule is CC1CN(c2c(-c3ccccc3)nc(N)n3c(=O)n(Cc4cccnn4)nc23)CC(C)O1. The minimum Gasteiger partial charge on any atom is -0.372 e. The van der Waals surface area contributed by atoms with Crippen molar-refractivity contribution in [2.75, 3.05) is 23.7 Å². The minimum absolute atomic E-state index is 0.0216. The Balaban J connectivity index is 1.74. The lowest BCUT2D eigenvalue weighted by molar-refractivity contribution is -0.00513. The first-order chi connectivity index (χ1) is 15.5. The number of nitrogen functional groups attached to an aromatic ring is 1. The summed E-state index contributed by atoms with van der Waals surface area (Å²) in [5.74, 6) is 0.0901. The molecule has 10 nitrogen and oxygen atoms in total. The second-order valence-electron chi connectivity index (χ2n) is 8.01. The van der Waals surface area contributed by atoms with Crippen LogP contribution in [0.2, 0.25) is 0 Å². The van der Waals surface area contributed by atoms with E-state index < -0.39 is 0 Å². The van der Waals surface area contributed by atoms with Crippen molar-refractivity contribution in [1.82, 2.24) is 29.4 Å². The molecule has 2 N–H and O–H groups in total. The average molecular weight is 432 g/mol. The molecule has 0 aliphatic carbocycles. The van der Waals surface area contributed by atoms with Crippen LogP contribution in [-0.4, -0.2) is 54.7 Å². The number of nitrogens with two attached hydrogens (primary N) is 1. The second kappa shape index (κ2) is 8.04. The molecule has 1 aliphatic heterocycles. The fourth-order valence-electron chi connectivity index (χ4n) is 4.21. The monoisotopic (exact) mass is 432 g/mol. The number of morpholine rings is 1. The molecule has 0 saturated carbocycles. The van der Waals surface area contributed by atoms with Crippen LogP contribution in [0, 0.1) is 0 Å². The van der Waals surface area contributed by atoms with E-state index in [1.165, 1.54) is 9.08 Å². The van der Waals surface area contributed by atoms with E-state index in [9.17, 15) is 4.79 Å². The lowest BCUT2D eigenvalue weighted by Crippen LogP contribution is -2.46. The molecule has 2 unspecified atom stereocenters. The Kier molecular flexibility index (Phi) is 5.06. The molecule has 4 heterocycles. The highest BCUT2D eigenvalue weighted by molar-refractivity contribution is 5.86. The van der Waals surface area contributed by atoms with Gasteiger partial charge in [-0.3, -0.25) is 0 Å². The Hall–Kier alpha value is -3.79. The third kappa shape index (κ3) is 3.58. The largest absolute Gasteiger partial charge is 0.372 e. The molecule has 1 aliphatic rings. The Morgan fingerprint density at radius 2 is 1.84 bits per heavy atom. The Morgan fingerprint density at radius 3 is 2.53 bits per heavy atom. The zero-order valence-corrected chi connectivity index (χ0v) is 17.9. The number of hydrogen-bond acceptors (Lipinski definition) is 8. The maximum Gasteiger partial charge on any atom is 0.353 e. The van der Waals surface area contributed by atoms with Crippen molar-refractivity contribution in [1.29, 1.82) is 0 Å². The highest BCUT2D eigenvalue weighted by Gasteiger charge is 2.29. The molecule has 1 saturated heterocycles. The number of anilines is 2. The van der Waals surface area contributed by atoms with E-state index in [0.29, 0.717) is 30.1 Å². The van der Waals surface area contributed by atoms with Crippen LogP contribution < -0.4 is 16.3 Å². The van der Waals surface area contributed by atoms with Crippen molar-refractivity contribution >= 4 is 17.3 Å². The summed E-state index contributed by atoms with van der Waals surface area (Å²) in [4.78, 5) is 20.1. The number of fused-ring (bicyclic) bond motifs is 1. The Morgan fingerprint density at radius 1 is 1.09 bits per heavy atom. The van der Waals surface area contributed by atoms with Gasteiger partial charge in [0.15, 0.2) is 5.65 Å². The van der Waals surface area contributed by atoms with Gasteiger partial charge < -0.3 is 15.4 Å². The topological polar surface area (TPSA) is 116 Å². The fourth-order valence-corrected chi connectivity index (χ4v) is 4.21. The molecule has 0 bridgehead atoms. The molecular formula is C22H24N8O2. The first-order valence-electron chi connectivity index (χ1n) is 10.5. The highest BCUT2D eigenvalue weighted by Crippen LogP contribution is 2.34. The summed E-state index contributed by atoms with van der Waals surface area (Å²) in [5.41, 5.74) is 9.36. The van der Waals surface area contributed by atoms with Gasteiger partial charge in [0, 0.05) is 24.8 Å². The van der Waals surface area contributed by atoms with Crippen molar-refractivity contribution in [3.63, 3.8) is 0 Å². The molecule has 2 atom stereocenters. The summed E-state index contributed by atoms with van der Waals surface area (Å²) in [6.07, 6.45) is 1.63. The number of nitrogens with zero attached hydrogens (tertiary/aromatic N) is 7. The quantitative estimate of drug-likeness (QED) is 0.517. The van der Waals surface area contributed by atoms with Crippen molar-refractivity contribution in [3.8, 4) is 11.3 Å². The summed E-state index contributed by atoms with van der Waals surface area (Å²) < 4.78 is 8.65. The smallest absolute Gasteiger partial charge is 0.353 e. The first-order valence-corrected chi connectivity index (χ1v) is 10.5. The van der Waals surface area contributed by atoms with Gasteiger partial charge in [-0.05, 0) is 26.0 Å². The molecule has 164 valence electrons. The highest BCUT2D eigenvalue weighted by atomic mass is 16.5. The van der Waals surface area contributed by atoms with E-state index in [1.54, 1.807) is 18.3 Å². The van der Waals surface area contributed by atoms with Crippen LogP contribution in [-0.2, 0) is 11.3 Å². The van der Waals surface area contributed by atoms with E-state index in [1.807, 2.05) is 44.2 Å². The van der Waals surface area contributed by atoms with Gasteiger partial charge in [-0.1, -0.05) is 30.3 Å². The van der Waals surface area contributed by atoms with Gasteiger partial charge in [0.2, 0.25) is 5.95 Å². The zero-order chi connectivity index (χ0) is 22.2. The summed E-state index contributed by atoms with van der Waals surface area (Å²) in [7, 11) is 0. The second-order valence-corrected chi connectivity index (χ2v) is 8.01. The van der Waals surface area contributed by atoms with E-state index in [0.717, 1.165) is 11.3 Å². The maximum atomic E-state index is 13.2. The van der Waals surface area contributed by atoms with Crippen LogP contribution in [0.15, 0.2) is 53.5 Å². The number of rotatable bonds is 4. The molecular weight excluding hydrogens is 408 g/mol. The van der Waals surface area contributed by atoms with Gasteiger partial charge in [0.25, 0.3) is 0 Å². The lowest BCUT2D eigenvalue weighted by Gasteiger charge is -2.37. The van der Waals surface area contributed by atoms with E-state index in [4.69, 9.17) is 10.5 Å². The summed E-state index contributed by atoms with van der Waals surface area (Å²) in [6.45, 7) is 5.55. The third-order valence-electron chi connectivity index (χ3n) is 5.45. The van der Waals surface area contributed by atoms with Crippen LogP contribution in [0.4, 0.5) is 11.6 Å². The predicted octanol–water partition coefficient (Wildman–Crippen LogP) is 1.59. The number of hydrogen-bond donors (Lipinski definition) is 1. The molecule has 1 fully saturated rings. The van der Waals surface area contributed by atoms with Crippen molar-refractivity contribution in [3.05, 3.63) is 64.8 Å². The van der Waals surface area contributed by atoms with Crippen LogP contribution in [0.1, 0.15) is 19.5 Å². The van der Waals surface area contributed by atoms with Crippen LogP contribution in [0.5, 0.6) is 0 Å². The molecule has 0 amide bonds. The number of aromatic nitrogens is 6. The van der Waals surface area contributed by atoms with Crippen LogP contribution in [0.25, 0.3) is 16.9 Å². The van der Waals surface area contributed by atoms with Gasteiger partial charge in [-0.2, -0.15) is 10.2 Å². The van der Waals surface area contributed by atoms with Crippen molar-refractivity contribution < 1.29 is 4.74 Å². The predicted molar refractivity (Wildman–Crippen MR) is 120 cm³/mol. The average Bonchev–Trinajstić information content (AvgIpc) is 3.10. The summed E-state index contributed by atoms with van der Waals surface area (Å²) >= 11 is 0. The normalized spacial score (nSPS) is 18.9. The minimum atomic E-state index is -0.370. The van der Waals surface area contributed by atoms with Crippen molar-refractivity contribution in [2.45, 2.75) is 32.6 Å². The van der Waals surface area contributed by atoms with Gasteiger partial charge in [0.1, 0.15) is 11.4 Å². The lowest BCUT2D eigenvalue weighted by atomic mass is 10.1. The molecule has 0 radical (unpaired) electrons. The van der Waals surface area contributed by atoms with Gasteiger partial charge in [-0.25, -0.2) is 18.9 Å². The summed E-state index contributed by atoms with van der Waals surface area (Å²) in [6, 6.07) is 13.4. The van der Waals surface area contributed by atoms with Crippen LogP contribution in [0.3, 0.4) is 0 Å². The Labute approximate surface area is 184 Å². The number of ether oxygens (including phenoxy) is 1. The third-order valence-corrected chi connectivity index (χ3v) is 5.45. The van der Waals surface area contributed by atoms with Crippen LogP contribution >= 0.6 is 0 Å². The molecule has 3 aromatic heterocycles. The molecule has 1 aromatic carbocycles. The van der Waals surface area contributed by atoms with Gasteiger partial charge >= 0.3 is 5.69 Å². The zero-order valence-electron chi connectivity index (χ0n) is 17.9. The van der Waals surface area contributed by atoms with E-state index in [-0.39, 0.29) is 30.4 Å². The molecule has 5 rings (SSSR count). The van der Waals surface area contributed by atoms with Gasteiger partial charge in [0.05, 0.1) is 24.4 Å². The summed E-state index contributed by atoms with van der Waals surface area (Å²) in [5, 5.41) is 12.6. The van der Waals surface area contributed by atoms with E-state index in [2.05, 4.69) is 25.2 Å².